The maximum Gasteiger partial charge on any atom is 0.338 e. The molecule has 0 aliphatic rings. The molecule has 0 aliphatic heterocycles. The van der Waals surface area contributed by atoms with Gasteiger partial charge in [0.2, 0.25) is 0 Å². The minimum atomic E-state index is -0.598. The summed E-state index contributed by atoms with van der Waals surface area (Å²) in [5, 5.41) is 2.52. The Kier molecular flexibility index (Phi) is 8.29. The Morgan fingerprint density at radius 1 is 0.963 bits per heavy atom. The first-order valence-corrected chi connectivity index (χ1v) is 9.04. The number of esters is 1. The summed E-state index contributed by atoms with van der Waals surface area (Å²) in [6.45, 7) is 2.38. The van der Waals surface area contributed by atoms with Gasteiger partial charge in [-0.15, -0.1) is 0 Å². The van der Waals surface area contributed by atoms with Gasteiger partial charge < -0.3 is 14.8 Å². The van der Waals surface area contributed by atoms with Crippen LogP contribution in [0.25, 0.3) is 0 Å². The van der Waals surface area contributed by atoms with Crippen LogP contribution in [0.4, 0.5) is 10.1 Å². The fraction of sp³-hybridized carbons (Fsp3) is 0.333. The minimum Gasteiger partial charge on any atom is -0.494 e. The van der Waals surface area contributed by atoms with Crippen LogP contribution in [0.1, 0.15) is 43.0 Å². The van der Waals surface area contributed by atoms with Crippen molar-refractivity contribution in [2.75, 3.05) is 18.5 Å². The van der Waals surface area contributed by atoms with Gasteiger partial charge >= 0.3 is 5.97 Å². The molecule has 144 valence electrons. The maximum absolute atomic E-state index is 12.8. The molecule has 0 radical (unpaired) electrons. The lowest BCUT2D eigenvalue weighted by Crippen LogP contribution is -2.20. The molecular formula is C21H24FNO4. The van der Waals surface area contributed by atoms with E-state index in [-0.39, 0.29) is 0 Å². The average Bonchev–Trinajstić information content (AvgIpc) is 2.68. The van der Waals surface area contributed by atoms with Crippen LogP contribution in [0.3, 0.4) is 0 Å². The van der Waals surface area contributed by atoms with Gasteiger partial charge in [-0.25, -0.2) is 9.18 Å². The van der Waals surface area contributed by atoms with Gasteiger partial charge in [0.1, 0.15) is 11.6 Å². The third-order valence-electron chi connectivity index (χ3n) is 3.82. The molecule has 0 spiro atoms. The Hall–Kier alpha value is -2.89. The predicted octanol–water partition coefficient (Wildman–Crippen LogP) is 4.58. The number of hydrogen-bond donors (Lipinski definition) is 1. The standard InChI is InChI=1S/C21H24FNO4/c1-2-3-4-5-14-26-19-12-6-16(7-13-19)21(25)27-15-20(24)23-18-10-8-17(22)9-11-18/h6-13H,2-5,14-15H2,1H3,(H,23,24). The Morgan fingerprint density at radius 3 is 2.33 bits per heavy atom. The number of nitrogens with one attached hydrogen (secondary N) is 1. The van der Waals surface area contributed by atoms with Gasteiger partial charge in [0.25, 0.3) is 5.91 Å². The van der Waals surface area contributed by atoms with E-state index in [1.807, 2.05) is 0 Å². The monoisotopic (exact) mass is 373 g/mol. The third-order valence-corrected chi connectivity index (χ3v) is 3.82. The Morgan fingerprint density at radius 2 is 1.67 bits per heavy atom. The van der Waals surface area contributed by atoms with E-state index in [0.717, 1.165) is 12.8 Å². The number of hydrogen-bond acceptors (Lipinski definition) is 4. The van der Waals surface area contributed by atoms with E-state index < -0.39 is 24.3 Å². The van der Waals surface area contributed by atoms with E-state index in [1.165, 1.54) is 37.1 Å². The number of unbranched alkanes of at least 4 members (excludes halogenated alkanes) is 3. The quantitative estimate of drug-likeness (QED) is 0.489. The first-order valence-electron chi connectivity index (χ1n) is 9.04. The smallest absolute Gasteiger partial charge is 0.338 e. The molecule has 6 heteroatoms. The van der Waals surface area contributed by atoms with Crippen LogP contribution in [0.15, 0.2) is 48.5 Å². The number of anilines is 1. The first-order chi connectivity index (χ1) is 13.1. The largest absolute Gasteiger partial charge is 0.494 e. The molecule has 0 atom stereocenters. The van der Waals surface area contributed by atoms with Crippen molar-refractivity contribution in [1.29, 1.82) is 0 Å². The highest BCUT2D eigenvalue weighted by molar-refractivity contribution is 5.95. The molecule has 0 unspecified atom stereocenters. The molecule has 0 aromatic heterocycles. The summed E-state index contributed by atoms with van der Waals surface area (Å²) in [5.74, 6) is -0.800. The summed E-state index contributed by atoms with van der Waals surface area (Å²) in [4.78, 5) is 23.8. The van der Waals surface area contributed by atoms with Crippen LogP contribution in [-0.2, 0) is 9.53 Å². The van der Waals surface area contributed by atoms with Crippen molar-refractivity contribution in [3.05, 3.63) is 59.9 Å². The van der Waals surface area contributed by atoms with Gasteiger partial charge in [0, 0.05) is 5.69 Å². The van der Waals surface area contributed by atoms with Crippen molar-refractivity contribution in [3.8, 4) is 5.75 Å². The molecule has 0 bridgehead atoms. The van der Waals surface area contributed by atoms with Crippen molar-refractivity contribution in [1.82, 2.24) is 0 Å². The Bertz CT molecular complexity index is 729. The van der Waals surface area contributed by atoms with Crippen molar-refractivity contribution in [3.63, 3.8) is 0 Å². The van der Waals surface area contributed by atoms with E-state index >= 15 is 0 Å². The Labute approximate surface area is 158 Å². The van der Waals surface area contributed by atoms with Crippen molar-refractivity contribution >= 4 is 17.6 Å². The maximum atomic E-state index is 12.8. The summed E-state index contributed by atoms with van der Waals surface area (Å²) >= 11 is 0. The lowest BCUT2D eigenvalue weighted by atomic mass is 10.2. The van der Waals surface area contributed by atoms with Gasteiger partial charge in [-0.3, -0.25) is 4.79 Å². The van der Waals surface area contributed by atoms with E-state index in [0.29, 0.717) is 23.6 Å². The van der Waals surface area contributed by atoms with Crippen LogP contribution in [0, 0.1) is 5.82 Å². The topological polar surface area (TPSA) is 64.6 Å². The lowest BCUT2D eigenvalue weighted by Gasteiger charge is -2.08. The van der Waals surface area contributed by atoms with Gasteiger partial charge in [-0.1, -0.05) is 26.2 Å². The normalized spacial score (nSPS) is 10.3. The van der Waals surface area contributed by atoms with Crippen molar-refractivity contribution < 1.29 is 23.5 Å². The van der Waals surface area contributed by atoms with Crippen LogP contribution in [0.2, 0.25) is 0 Å². The van der Waals surface area contributed by atoms with Crippen molar-refractivity contribution in [2.45, 2.75) is 32.6 Å². The van der Waals surface area contributed by atoms with Crippen LogP contribution < -0.4 is 10.1 Å². The predicted molar refractivity (Wildman–Crippen MR) is 101 cm³/mol. The SMILES string of the molecule is CCCCCCOc1ccc(C(=O)OCC(=O)Nc2ccc(F)cc2)cc1. The molecule has 1 amide bonds. The summed E-state index contributed by atoms with van der Waals surface area (Å²) in [5.41, 5.74) is 0.765. The molecular weight excluding hydrogens is 349 g/mol. The lowest BCUT2D eigenvalue weighted by molar-refractivity contribution is -0.119. The minimum absolute atomic E-state index is 0.336. The summed E-state index contributed by atoms with van der Waals surface area (Å²) in [6.07, 6.45) is 4.52. The number of benzene rings is 2. The molecule has 0 saturated carbocycles. The summed E-state index contributed by atoms with van der Waals surface area (Å²) in [6, 6.07) is 11.9. The molecule has 0 heterocycles. The Balaban J connectivity index is 1.73. The molecule has 5 nitrogen and oxygen atoms in total. The molecule has 0 fully saturated rings. The van der Waals surface area contributed by atoms with E-state index in [2.05, 4.69) is 12.2 Å². The number of carbonyl (C=O) groups excluding carboxylic acids is 2. The number of halogens is 1. The first kappa shape index (κ1) is 20.4. The van der Waals surface area contributed by atoms with Gasteiger partial charge in [-0.05, 0) is 55.0 Å². The average molecular weight is 373 g/mol. The summed E-state index contributed by atoms with van der Waals surface area (Å²) < 4.78 is 23.4. The van der Waals surface area contributed by atoms with E-state index in [1.54, 1.807) is 24.3 Å². The number of carbonyl (C=O) groups is 2. The molecule has 1 N–H and O–H groups in total. The van der Waals surface area contributed by atoms with E-state index in [4.69, 9.17) is 9.47 Å². The fourth-order valence-corrected chi connectivity index (χ4v) is 2.35. The second-order valence-corrected chi connectivity index (χ2v) is 6.06. The number of ether oxygens (including phenoxy) is 2. The highest BCUT2D eigenvalue weighted by Gasteiger charge is 2.10. The van der Waals surface area contributed by atoms with Gasteiger partial charge in [-0.2, -0.15) is 0 Å². The van der Waals surface area contributed by atoms with E-state index in [9.17, 15) is 14.0 Å². The zero-order valence-electron chi connectivity index (χ0n) is 15.4. The second kappa shape index (κ2) is 11.0. The van der Waals surface area contributed by atoms with Gasteiger partial charge in [0.15, 0.2) is 6.61 Å². The van der Waals surface area contributed by atoms with Crippen molar-refractivity contribution in [2.24, 2.45) is 0 Å². The fourth-order valence-electron chi connectivity index (χ4n) is 2.35. The highest BCUT2D eigenvalue weighted by atomic mass is 19.1. The molecule has 27 heavy (non-hydrogen) atoms. The zero-order valence-corrected chi connectivity index (χ0v) is 15.4. The third kappa shape index (κ3) is 7.48. The van der Waals surface area contributed by atoms with Crippen LogP contribution >= 0.6 is 0 Å². The number of rotatable bonds is 10. The number of amides is 1. The van der Waals surface area contributed by atoms with Crippen LogP contribution in [-0.4, -0.2) is 25.1 Å². The molecule has 2 aromatic carbocycles. The summed E-state index contributed by atoms with van der Waals surface area (Å²) in [7, 11) is 0. The molecule has 0 saturated heterocycles. The van der Waals surface area contributed by atoms with Crippen LogP contribution in [0.5, 0.6) is 5.75 Å². The molecule has 2 rings (SSSR count). The van der Waals surface area contributed by atoms with Gasteiger partial charge in [0.05, 0.1) is 12.2 Å². The molecule has 0 aliphatic carbocycles. The highest BCUT2D eigenvalue weighted by Crippen LogP contribution is 2.14. The molecule has 2 aromatic rings. The zero-order chi connectivity index (χ0) is 19.5. The second-order valence-electron chi connectivity index (χ2n) is 6.06.